The van der Waals surface area contributed by atoms with E-state index in [1.807, 2.05) is 0 Å². The van der Waals surface area contributed by atoms with Crippen LogP contribution in [-0.2, 0) is 0 Å². The number of alkyl halides is 1. The average molecular weight is 459 g/mol. The minimum Gasteiger partial charge on any atom is -0.463 e. The summed E-state index contributed by atoms with van der Waals surface area (Å²) >= 11 is 0. The van der Waals surface area contributed by atoms with Gasteiger partial charge in [-0.25, -0.2) is 9.37 Å². The molecule has 33 heavy (non-hydrogen) atoms. The molecule has 180 valence electrons. The molecule has 1 aliphatic heterocycles. The zero-order valence-corrected chi connectivity index (χ0v) is 19.3. The molecule has 9 nitrogen and oxygen atoms in total. The normalized spacial score (nSPS) is 19.8. The van der Waals surface area contributed by atoms with Crippen molar-refractivity contribution in [2.45, 2.75) is 70.4 Å². The van der Waals surface area contributed by atoms with Gasteiger partial charge in [0.25, 0.3) is 0 Å². The molecule has 3 heterocycles. The quantitative estimate of drug-likeness (QED) is 0.393. The van der Waals surface area contributed by atoms with E-state index in [1.54, 1.807) is 18.3 Å². The van der Waals surface area contributed by atoms with Gasteiger partial charge in [-0.1, -0.05) is 26.2 Å². The molecular weight excluding hydrogens is 423 g/mol. The number of hydrogen-bond donors (Lipinski definition) is 4. The molecule has 0 bridgehead atoms. The highest BCUT2D eigenvalue weighted by Crippen LogP contribution is 2.25. The molecule has 0 aromatic carbocycles. The predicted molar refractivity (Wildman–Crippen MR) is 128 cm³/mol. The van der Waals surface area contributed by atoms with Crippen LogP contribution in [0.25, 0.3) is 0 Å². The van der Waals surface area contributed by atoms with Crippen molar-refractivity contribution in [3.05, 3.63) is 18.3 Å². The molecule has 2 unspecified atom stereocenters. The second-order valence-electron chi connectivity index (χ2n) is 8.81. The molecular formula is C23H35FN8O. The second kappa shape index (κ2) is 11.9. The smallest absolute Gasteiger partial charge is 0.234 e. The lowest BCUT2D eigenvalue weighted by molar-refractivity contribution is 0.191. The van der Waals surface area contributed by atoms with E-state index >= 15 is 0 Å². The molecule has 10 heteroatoms. The molecule has 0 spiro atoms. The summed E-state index contributed by atoms with van der Waals surface area (Å²) < 4.78 is 17.5. The summed E-state index contributed by atoms with van der Waals surface area (Å²) in [6.07, 6.45) is 11.2. The van der Waals surface area contributed by atoms with Gasteiger partial charge in [0.05, 0.1) is 0 Å². The summed E-state index contributed by atoms with van der Waals surface area (Å²) in [4.78, 5) is 18.1. The fourth-order valence-electron chi connectivity index (χ4n) is 4.66. The highest BCUT2D eigenvalue weighted by Gasteiger charge is 2.24. The van der Waals surface area contributed by atoms with Crippen molar-refractivity contribution in [1.82, 2.24) is 25.3 Å². The fourth-order valence-corrected chi connectivity index (χ4v) is 4.66. The van der Waals surface area contributed by atoms with E-state index in [0.717, 1.165) is 25.9 Å². The summed E-state index contributed by atoms with van der Waals surface area (Å²) in [6, 6.07) is 3.84. The number of pyridine rings is 1. The van der Waals surface area contributed by atoms with Crippen LogP contribution in [0.5, 0.6) is 5.75 Å². The van der Waals surface area contributed by atoms with Gasteiger partial charge in [0.1, 0.15) is 11.6 Å². The number of hydrogen-bond acceptors (Lipinski definition) is 9. The molecule has 4 rings (SSSR count). The maximum absolute atomic E-state index is 12.5. The zero-order valence-electron chi connectivity index (χ0n) is 19.3. The van der Waals surface area contributed by atoms with Gasteiger partial charge >= 0.3 is 0 Å². The van der Waals surface area contributed by atoms with Crippen LogP contribution in [0.4, 0.5) is 28.1 Å². The predicted octanol–water partition coefficient (Wildman–Crippen LogP) is 4.25. The standard InChI is InChI=1S/C23H35FN8O/c1-2-18(19-9-6-11-25-19)28-22-30-21(27-14-16-7-4-3-5-8-16)31-23(32-22)29-20-13-17(33-15-24)10-12-26-20/h10,12-13,16,18-19,25H,2-9,11,14-15H2,1H3,(H3,26,27,28,29,30,31,32). The Morgan fingerprint density at radius 3 is 2.67 bits per heavy atom. The molecule has 0 amide bonds. The summed E-state index contributed by atoms with van der Waals surface area (Å²) in [6.45, 7) is 3.17. The highest BCUT2D eigenvalue weighted by molar-refractivity contribution is 5.53. The Hall–Kier alpha value is -2.75. The van der Waals surface area contributed by atoms with E-state index < -0.39 is 6.86 Å². The summed E-state index contributed by atoms with van der Waals surface area (Å²) in [5.74, 6) is 2.93. The summed E-state index contributed by atoms with van der Waals surface area (Å²) in [5, 5.41) is 13.6. The lowest BCUT2D eigenvalue weighted by Crippen LogP contribution is -2.40. The number of nitrogens with one attached hydrogen (secondary N) is 4. The topological polar surface area (TPSA) is 109 Å². The van der Waals surface area contributed by atoms with Crippen molar-refractivity contribution < 1.29 is 9.13 Å². The first-order valence-corrected chi connectivity index (χ1v) is 12.1. The SMILES string of the molecule is CCC(Nc1nc(NCC2CCCCC2)nc(Nc2cc(OCF)ccn2)n1)C1CCCN1. The van der Waals surface area contributed by atoms with Gasteiger partial charge in [0, 0.05) is 30.9 Å². The maximum Gasteiger partial charge on any atom is 0.234 e. The van der Waals surface area contributed by atoms with Gasteiger partial charge in [-0.3, -0.25) is 0 Å². The monoisotopic (exact) mass is 458 g/mol. The van der Waals surface area contributed by atoms with Crippen LogP contribution in [0, 0.1) is 5.92 Å². The van der Waals surface area contributed by atoms with Crippen molar-refractivity contribution >= 4 is 23.7 Å². The van der Waals surface area contributed by atoms with Crippen LogP contribution in [0.2, 0.25) is 0 Å². The van der Waals surface area contributed by atoms with Crippen LogP contribution in [0.15, 0.2) is 18.3 Å². The van der Waals surface area contributed by atoms with Crippen LogP contribution < -0.4 is 26.0 Å². The van der Waals surface area contributed by atoms with Crippen LogP contribution in [-0.4, -0.2) is 52.0 Å². The van der Waals surface area contributed by atoms with E-state index in [4.69, 9.17) is 4.74 Å². The van der Waals surface area contributed by atoms with Gasteiger partial charge in [0.15, 0.2) is 0 Å². The van der Waals surface area contributed by atoms with Gasteiger partial charge in [-0.15, -0.1) is 0 Å². The largest absolute Gasteiger partial charge is 0.463 e. The minimum absolute atomic E-state index is 0.230. The Labute approximate surface area is 194 Å². The third-order valence-corrected chi connectivity index (χ3v) is 6.44. The summed E-state index contributed by atoms with van der Waals surface area (Å²) in [7, 11) is 0. The van der Waals surface area contributed by atoms with Crippen molar-refractivity contribution in [3.8, 4) is 5.75 Å². The van der Waals surface area contributed by atoms with Crippen LogP contribution in [0.3, 0.4) is 0 Å². The molecule has 2 aromatic heterocycles. The summed E-state index contributed by atoms with van der Waals surface area (Å²) in [5.41, 5.74) is 0. The lowest BCUT2D eigenvalue weighted by atomic mass is 9.89. The molecule has 1 saturated heterocycles. The van der Waals surface area contributed by atoms with Crippen molar-refractivity contribution in [1.29, 1.82) is 0 Å². The number of anilines is 4. The molecule has 0 radical (unpaired) electrons. The van der Waals surface area contributed by atoms with E-state index in [9.17, 15) is 4.39 Å². The number of rotatable bonds is 11. The average Bonchev–Trinajstić information content (AvgIpc) is 3.37. The minimum atomic E-state index is -0.897. The third-order valence-electron chi connectivity index (χ3n) is 6.44. The van der Waals surface area contributed by atoms with Crippen molar-refractivity contribution in [3.63, 3.8) is 0 Å². The van der Waals surface area contributed by atoms with E-state index in [2.05, 4.69) is 48.1 Å². The molecule has 2 fully saturated rings. The van der Waals surface area contributed by atoms with E-state index in [0.29, 0.717) is 41.4 Å². The first-order valence-electron chi connectivity index (χ1n) is 12.1. The third kappa shape index (κ3) is 6.86. The van der Waals surface area contributed by atoms with Crippen molar-refractivity contribution in [2.75, 3.05) is 35.9 Å². The molecule has 2 aliphatic rings. The molecule has 2 aromatic rings. The number of aromatic nitrogens is 4. The van der Waals surface area contributed by atoms with Gasteiger partial charge in [-0.2, -0.15) is 15.0 Å². The van der Waals surface area contributed by atoms with Gasteiger partial charge in [0.2, 0.25) is 24.7 Å². The number of nitrogens with zero attached hydrogens (tertiary/aromatic N) is 4. The first kappa shape index (κ1) is 23.4. The van der Waals surface area contributed by atoms with Crippen LogP contribution in [0.1, 0.15) is 58.3 Å². The Balaban J connectivity index is 1.51. The second-order valence-corrected chi connectivity index (χ2v) is 8.81. The van der Waals surface area contributed by atoms with Crippen molar-refractivity contribution in [2.24, 2.45) is 5.92 Å². The molecule has 1 aliphatic carbocycles. The maximum atomic E-state index is 12.5. The van der Waals surface area contributed by atoms with Gasteiger partial charge in [-0.05, 0) is 50.6 Å². The Morgan fingerprint density at radius 1 is 1.09 bits per heavy atom. The van der Waals surface area contributed by atoms with E-state index in [-0.39, 0.29) is 6.04 Å². The lowest BCUT2D eigenvalue weighted by Gasteiger charge is -2.24. The molecule has 1 saturated carbocycles. The fraction of sp³-hybridized carbons (Fsp3) is 0.652. The number of ether oxygens (including phenoxy) is 1. The zero-order chi connectivity index (χ0) is 22.9. The molecule has 4 N–H and O–H groups in total. The van der Waals surface area contributed by atoms with Gasteiger partial charge < -0.3 is 26.0 Å². The molecule has 2 atom stereocenters. The van der Waals surface area contributed by atoms with E-state index in [1.165, 1.54) is 38.5 Å². The first-order chi connectivity index (χ1) is 16.2. The Kier molecular flexibility index (Phi) is 8.46. The Bertz CT molecular complexity index is 873. The highest BCUT2D eigenvalue weighted by atomic mass is 19.1. The Morgan fingerprint density at radius 2 is 1.91 bits per heavy atom. The number of halogens is 1. The van der Waals surface area contributed by atoms with Crippen LogP contribution >= 0.6 is 0 Å².